The summed E-state index contributed by atoms with van der Waals surface area (Å²) in [7, 11) is 0. The minimum atomic E-state index is -0.767. The van der Waals surface area contributed by atoms with Gasteiger partial charge >= 0.3 is 0 Å². The summed E-state index contributed by atoms with van der Waals surface area (Å²) in [4.78, 5) is 0. The number of phenolic OH excluding ortho intramolecular Hbond substituents is 4. The largest absolute Gasteiger partial charge is 0.504 e. The van der Waals surface area contributed by atoms with E-state index in [0.29, 0.717) is 11.1 Å². The lowest BCUT2D eigenvalue weighted by atomic mass is 9.83. The maximum Gasteiger partial charge on any atom is 0.204 e. The van der Waals surface area contributed by atoms with E-state index in [1.807, 2.05) is 84.9 Å². The molecule has 0 saturated carbocycles. The number of rotatable bonds is 3. The van der Waals surface area contributed by atoms with Crippen molar-refractivity contribution in [2.75, 3.05) is 0 Å². The van der Waals surface area contributed by atoms with Crippen LogP contribution < -0.4 is 0 Å². The quantitative estimate of drug-likeness (QED) is 0.0900. The van der Waals surface area contributed by atoms with E-state index >= 15 is 0 Å². The number of hydrogen-bond donors (Lipinski definition) is 4. The molecule has 0 bridgehead atoms. The molecule has 4 N–H and O–H groups in total. The molecule has 48 heavy (non-hydrogen) atoms. The van der Waals surface area contributed by atoms with Crippen LogP contribution in [-0.2, 0) is 0 Å². The van der Waals surface area contributed by atoms with Crippen molar-refractivity contribution in [1.82, 2.24) is 0 Å². The summed E-state index contributed by atoms with van der Waals surface area (Å²) in [6.07, 6.45) is 0. The van der Waals surface area contributed by atoms with Gasteiger partial charge in [0.05, 0.1) is 0 Å². The molecule has 9 aromatic rings. The predicted molar refractivity (Wildman–Crippen MR) is 197 cm³/mol. The molecule has 0 spiro atoms. The van der Waals surface area contributed by atoms with Gasteiger partial charge in [-0.1, -0.05) is 121 Å². The van der Waals surface area contributed by atoms with E-state index in [1.165, 1.54) is 0 Å². The molecule has 4 nitrogen and oxygen atoms in total. The molecule has 0 heterocycles. The second kappa shape index (κ2) is 10.5. The van der Waals surface area contributed by atoms with E-state index in [4.69, 9.17) is 0 Å². The Hall–Kier alpha value is -6.52. The van der Waals surface area contributed by atoms with Crippen molar-refractivity contribution in [1.29, 1.82) is 0 Å². The summed E-state index contributed by atoms with van der Waals surface area (Å²) >= 11 is 0. The number of hydrogen-bond acceptors (Lipinski definition) is 4. The highest BCUT2D eigenvalue weighted by atomic mass is 16.3. The third-order valence-electron chi connectivity index (χ3n) is 9.61. The number of phenols is 4. The smallest absolute Gasteiger partial charge is 0.204 e. The van der Waals surface area contributed by atoms with Crippen LogP contribution in [0.25, 0.3) is 87.2 Å². The fourth-order valence-corrected chi connectivity index (χ4v) is 7.26. The van der Waals surface area contributed by atoms with Gasteiger partial charge in [0.1, 0.15) is 0 Å². The summed E-state index contributed by atoms with van der Waals surface area (Å²) in [5.74, 6) is -2.52. The Balaban J connectivity index is 1.47. The average molecular weight is 621 g/mol. The van der Waals surface area contributed by atoms with Gasteiger partial charge in [0, 0.05) is 21.9 Å². The van der Waals surface area contributed by atoms with Gasteiger partial charge in [-0.25, -0.2) is 0 Å². The third-order valence-corrected chi connectivity index (χ3v) is 9.61. The second-order valence-electron chi connectivity index (χ2n) is 12.3. The van der Waals surface area contributed by atoms with Gasteiger partial charge in [-0.15, -0.1) is 0 Å². The molecule has 0 radical (unpaired) electrons. The van der Waals surface area contributed by atoms with Gasteiger partial charge in [-0.05, 0) is 89.6 Å². The van der Waals surface area contributed by atoms with Crippen LogP contribution in [0.15, 0.2) is 146 Å². The lowest BCUT2D eigenvalue weighted by molar-refractivity contribution is 0.351. The number of fused-ring (bicyclic) bond motifs is 5. The molecule has 0 aliphatic carbocycles. The van der Waals surface area contributed by atoms with Crippen molar-refractivity contribution in [2.24, 2.45) is 0 Å². The van der Waals surface area contributed by atoms with Crippen LogP contribution in [0.4, 0.5) is 0 Å². The molecule has 0 saturated heterocycles. The van der Waals surface area contributed by atoms with Crippen LogP contribution in [0.3, 0.4) is 0 Å². The van der Waals surface area contributed by atoms with Crippen LogP contribution in [0.2, 0.25) is 0 Å². The zero-order chi connectivity index (χ0) is 32.5. The Morgan fingerprint density at radius 3 is 1.10 bits per heavy atom. The molecule has 228 valence electrons. The summed E-state index contributed by atoms with van der Waals surface area (Å²) in [5, 5.41) is 53.8. The van der Waals surface area contributed by atoms with E-state index in [1.54, 1.807) is 0 Å². The normalized spacial score (nSPS) is 11.7. The first-order chi connectivity index (χ1) is 23.5. The van der Waals surface area contributed by atoms with Crippen molar-refractivity contribution in [3.05, 3.63) is 146 Å². The Bertz CT molecular complexity index is 2780. The molecule has 0 aliphatic rings. The highest BCUT2D eigenvalue weighted by molar-refractivity contribution is 6.26. The fraction of sp³-hybridized carbons (Fsp3) is 0. The van der Waals surface area contributed by atoms with Crippen molar-refractivity contribution >= 4 is 53.9 Å². The van der Waals surface area contributed by atoms with Crippen LogP contribution in [0.5, 0.6) is 23.0 Å². The van der Waals surface area contributed by atoms with Crippen LogP contribution in [0, 0.1) is 0 Å². The molecule has 4 heteroatoms. The van der Waals surface area contributed by atoms with Gasteiger partial charge in [0.2, 0.25) is 11.5 Å². The zero-order valence-electron chi connectivity index (χ0n) is 25.6. The van der Waals surface area contributed by atoms with Gasteiger partial charge < -0.3 is 20.4 Å². The molecule has 9 aromatic carbocycles. The summed E-state index contributed by atoms with van der Waals surface area (Å²) in [6.45, 7) is 0. The fourth-order valence-electron chi connectivity index (χ4n) is 7.26. The summed E-state index contributed by atoms with van der Waals surface area (Å²) in [5.41, 5.74) is 4.89. The van der Waals surface area contributed by atoms with Crippen molar-refractivity contribution in [3.8, 4) is 56.4 Å². The van der Waals surface area contributed by atoms with Gasteiger partial charge in [-0.2, -0.15) is 0 Å². The lowest BCUT2D eigenvalue weighted by Gasteiger charge is -2.21. The first-order valence-corrected chi connectivity index (χ1v) is 15.8. The van der Waals surface area contributed by atoms with Gasteiger partial charge in [-0.3, -0.25) is 0 Å². The highest BCUT2D eigenvalue weighted by Crippen LogP contribution is 2.57. The second-order valence-corrected chi connectivity index (χ2v) is 12.3. The predicted octanol–water partition coefficient (Wildman–Crippen LogP) is 11.3. The average Bonchev–Trinajstić information content (AvgIpc) is 3.14. The molecule has 9 rings (SSSR count). The van der Waals surface area contributed by atoms with Crippen LogP contribution in [-0.4, -0.2) is 20.4 Å². The first kappa shape index (κ1) is 27.8. The van der Waals surface area contributed by atoms with Crippen LogP contribution in [0.1, 0.15) is 0 Å². The molecular weight excluding hydrogens is 592 g/mol. The highest BCUT2D eigenvalue weighted by Gasteiger charge is 2.27. The first-order valence-electron chi connectivity index (χ1n) is 15.8. The molecule has 0 aliphatic heterocycles. The SMILES string of the molecule is Oc1c(O)c(O)c2c(-c3ccc4ccccc4c3)c3cc(-c4ccc5ccccc5c4)ccc3c(-c3ccc4ccccc4c3)c2c1O. The van der Waals surface area contributed by atoms with Gasteiger partial charge in [0.25, 0.3) is 0 Å². The molecule has 0 amide bonds. The number of benzene rings is 9. The summed E-state index contributed by atoms with van der Waals surface area (Å²) < 4.78 is 0. The molecule has 0 atom stereocenters. The summed E-state index contributed by atoms with van der Waals surface area (Å²) in [6, 6.07) is 49.1. The van der Waals surface area contributed by atoms with E-state index in [0.717, 1.165) is 65.3 Å². The van der Waals surface area contributed by atoms with E-state index < -0.39 is 23.0 Å². The Labute approximate surface area is 275 Å². The molecule has 0 unspecified atom stereocenters. The Morgan fingerprint density at radius 2 is 0.625 bits per heavy atom. The number of aromatic hydroxyl groups is 4. The lowest BCUT2D eigenvalue weighted by Crippen LogP contribution is -1.94. The van der Waals surface area contributed by atoms with Crippen molar-refractivity contribution in [2.45, 2.75) is 0 Å². The van der Waals surface area contributed by atoms with Crippen LogP contribution >= 0.6 is 0 Å². The maximum atomic E-state index is 11.7. The maximum absolute atomic E-state index is 11.7. The van der Waals surface area contributed by atoms with Crippen molar-refractivity contribution in [3.63, 3.8) is 0 Å². The van der Waals surface area contributed by atoms with Gasteiger partial charge in [0.15, 0.2) is 11.5 Å². The standard InChI is InChI=1S/C44H28O4/c45-41-39-37(33-17-14-26-8-2-5-11-29(26)22-33)35-20-19-32(31-16-13-25-7-1-4-10-28(25)21-31)24-36(35)38(40(39)42(46)44(48)43(41)47)34-18-15-27-9-3-6-12-30(27)23-34/h1-24,45-48H. The van der Waals surface area contributed by atoms with E-state index in [-0.39, 0.29) is 10.8 Å². The zero-order valence-corrected chi connectivity index (χ0v) is 25.6. The molecular formula is C44H28O4. The minimum Gasteiger partial charge on any atom is -0.504 e. The monoisotopic (exact) mass is 620 g/mol. The Morgan fingerprint density at radius 1 is 0.271 bits per heavy atom. The Kier molecular flexibility index (Phi) is 6.08. The van der Waals surface area contributed by atoms with E-state index in [9.17, 15) is 20.4 Å². The van der Waals surface area contributed by atoms with E-state index in [2.05, 4.69) is 60.7 Å². The molecule has 0 aromatic heterocycles. The third kappa shape index (κ3) is 4.16. The minimum absolute atomic E-state index is 0.254. The topological polar surface area (TPSA) is 80.9 Å². The molecule has 0 fully saturated rings. The van der Waals surface area contributed by atoms with Crippen molar-refractivity contribution < 1.29 is 20.4 Å².